The number of rotatable bonds is 0. The fourth-order valence-electron chi connectivity index (χ4n) is 0.0289. The summed E-state index contributed by atoms with van der Waals surface area (Å²) in [6.07, 6.45) is 0. The van der Waals surface area contributed by atoms with Gasteiger partial charge in [0, 0.05) is 0 Å². The molecule has 0 radical (unpaired) electrons. The molecule has 30 valence electrons. The van der Waals surface area contributed by atoms with Gasteiger partial charge in [0.25, 0.3) is 0 Å². The average molecular weight is 101 g/mol. The van der Waals surface area contributed by atoms with E-state index in [0.29, 0.717) is 0 Å². The minimum atomic E-state index is -0.981. The van der Waals surface area contributed by atoms with Crippen LogP contribution < -0.4 is 0 Å². The van der Waals surface area contributed by atoms with Crippen molar-refractivity contribution in [1.82, 2.24) is 0 Å². The molecular weight excluding hydrogens is 99.5 g/mol. The van der Waals surface area contributed by atoms with Crippen LogP contribution in [0.3, 0.4) is 0 Å². The second-order valence-corrected chi connectivity index (χ2v) is 1.06. The summed E-state index contributed by atoms with van der Waals surface area (Å²) < 4.78 is 0. The quantitative estimate of drug-likeness (QED) is 0.420. The maximum atomic E-state index is 7.73. The highest BCUT2D eigenvalue weighted by atomic mass is 35.5. The molecule has 0 aromatic carbocycles. The van der Waals surface area contributed by atoms with Crippen LogP contribution in [0.4, 0.5) is 0 Å². The molecule has 0 fully saturated rings. The van der Waals surface area contributed by atoms with Gasteiger partial charge in [0.15, 0.2) is 0 Å². The van der Waals surface area contributed by atoms with Crippen molar-refractivity contribution in [1.29, 1.82) is 10.5 Å². The van der Waals surface area contributed by atoms with Crippen LogP contribution in [0.1, 0.15) is 0 Å². The van der Waals surface area contributed by atoms with Gasteiger partial charge in [0.2, 0.25) is 5.38 Å². The number of hydrogen-bond donors (Lipinski definition) is 0. The van der Waals surface area contributed by atoms with Crippen LogP contribution in [0.5, 0.6) is 0 Å². The molecule has 0 amide bonds. The van der Waals surface area contributed by atoms with E-state index in [9.17, 15) is 0 Å². The van der Waals surface area contributed by atoms with Crippen molar-refractivity contribution < 1.29 is 0 Å². The molecule has 0 bridgehead atoms. The van der Waals surface area contributed by atoms with Crippen LogP contribution in [-0.4, -0.2) is 5.38 Å². The Morgan fingerprint density at radius 2 is 1.67 bits per heavy atom. The summed E-state index contributed by atoms with van der Waals surface area (Å²) in [4.78, 5) is 0. The Hall–Kier alpha value is -0.730. The van der Waals surface area contributed by atoms with Crippen molar-refractivity contribution in [2.45, 2.75) is 5.38 Å². The van der Waals surface area contributed by atoms with Gasteiger partial charge in [0.1, 0.15) is 0 Å². The van der Waals surface area contributed by atoms with Crippen LogP contribution in [-0.2, 0) is 0 Å². The predicted octanol–water partition coefficient (Wildman–Crippen LogP) is 0.641. The van der Waals surface area contributed by atoms with Crippen molar-refractivity contribution in [3.8, 4) is 12.1 Å². The zero-order valence-electron chi connectivity index (χ0n) is 2.85. The molecule has 0 aliphatic carbocycles. The lowest BCUT2D eigenvalue weighted by Gasteiger charge is -1.69. The smallest absolute Gasteiger partial charge is 0.195 e. The van der Waals surface area contributed by atoms with Gasteiger partial charge in [-0.1, -0.05) is 11.6 Å². The minimum Gasteiger partial charge on any atom is -0.195 e. The number of nitriles is 2. The highest BCUT2D eigenvalue weighted by molar-refractivity contribution is 6.23. The van der Waals surface area contributed by atoms with Crippen LogP contribution >= 0.6 is 11.6 Å². The summed E-state index contributed by atoms with van der Waals surface area (Å²) in [6, 6.07) is 3.04. The Morgan fingerprint density at radius 3 is 1.67 bits per heavy atom. The molecule has 6 heavy (non-hydrogen) atoms. The van der Waals surface area contributed by atoms with Crippen molar-refractivity contribution in [3.63, 3.8) is 0 Å². The fourth-order valence-corrected chi connectivity index (χ4v) is 0.0289. The van der Waals surface area contributed by atoms with Crippen molar-refractivity contribution in [3.05, 3.63) is 0 Å². The third-order valence-electron chi connectivity index (χ3n) is 0.227. The summed E-state index contributed by atoms with van der Waals surface area (Å²) >= 11 is 4.93. The van der Waals surface area contributed by atoms with Crippen LogP contribution in [0.15, 0.2) is 0 Å². The molecule has 0 spiro atoms. The molecule has 0 N–H and O–H groups in total. The first-order chi connectivity index (χ1) is 2.81. The first kappa shape index (κ1) is 5.27. The molecule has 0 atom stereocenters. The monoisotopic (exact) mass is 100.0 g/mol. The molecule has 0 saturated heterocycles. The van der Waals surface area contributed by atoms with E-state index >= 15 is 0 Å². The van der Waals surface area contributed by atoms with Crippen LogP contribution in [0.2, 0.25) is 0 Å². The minimum absolute atomic E-state index is 0.981. The maximum Gasteiger partial charge on any atom is 0.206 e. The molecule has 0 aliphatic heterocycles. The lowest BCUT2D eigenvalue weighted by atomic mass is 10.5. The Bertz CT molecular complexity index is 92.9. The van der Waals surface area contributed by atoms with E-state index in [4.69, 9.17) is 22.1 Å². The zero-order chi connectivity index (χ0) is 4.99. The third-order valence-corrected chi connectivity index (χ3v) is 0.422. The van der Waals surface area contributed by atoms with E-state index in [2.05, 4.69) is 0 Å². The van der Waals surface area contributed by atoms with E-state index in [1.165, 1.54) is 12.1 Å². The highest BCUT2D eigenvalue weighted by Crippen LogP contribution is 1.85. The van der Waals surface area contributed by atoms with Gasteiger partial charge in [0.05, 0.1) is 12.1 Å². The maximum absolute atomic E-state index is 7.73. The summed E-state index contributed by atoms with van der Waals surface area (Å²) in [5.74, 6) is 0. The Morgan fingerprint density at radius 1 is 1.33 bits per heavy atom. The summed E-state index contributed by atoms with van der Waals surface area (Å²) in [5, 5.41) is 14.5. The molecule has 0 aromatic heterocycles. The highest BCUT2D eigenvalue weighted by Gasteiger charge is 1.91. The van der Waals surface area contributed by atoms with Crippen molar-refractivity contribution >= 4 is 11.6 Å². The molecule has 2 nitrogen and oxygen atoms in total. The Kier molecular flexibility index (Phi) is 2.20. The fraction of sp³-hybridized carbons (Fsp3) is 0.333. The summed E-state index contributed by atoms with van der Waals surface area (Å²) in [5.41, 5.74) is 0. The number of alkyl halides is 1. The Balaban J connectivity index is 3.40. The molecule has 0 saturated carbocycles. The normalized spacial score (nSPS) is 6.67. The van der Waals surface area contributed by atoms with Crippen molar-refractivity contribution in [2.75, 3.05) is 0 Å². The van der Waals surface area contributed by atoms with Gasteiger partial charge in [-0.2, -0.15) is 10.5 Å². The van der Waals surface area contributed by atoms with Gasteiger partial charge < -0.3 is 0 Å². The SMILES string of the molecule is N#CC(Cl)C#N. The van der Waals surface area contributed by atoms with Gasteiger partial charge in [-0.25, -0.2) is 0 Å². The summed E-state index contributed by atoms with van der Waals surface area (Å²) in [7, 11) is 0. The first-order valence-corrected chi connectivity index (χ1v) is 1.68. The molecular formula is C3HClN2. The molecule has 0 unspecified atom stereocenters. The van der Waals surface area contributed by atoms with Crippen LogP contribution in [0.25, 0.3) is 0 Å². The van der Waals surface area contributed by atoms with E-state index in [1.54, 1.807) is 0 Å². The zero-order valence-corrected chi connectivity index (χ0v) is 3.61. The molecule has 0 heterocycles. The van der Waals surface area contributed by atoms with E-state index in [0.717, 1.165) is 0 Å². The lowest BCUT2D eigenvalue weighted by molar-refractivity contribution is 1.34. The van der Waals surface area contributed by atoms with Crippen molar-refractivity contribution in [2.24, 2.45) is 0 Å². The predicted molar refractivity (Wildman–Crippen MR) is 20.9 cm³/mol. The molecule has 0 aliphatic rings. The topological polar surface area (TPSA) is 47.6 Å². The van der Waals surface area contributed by atoms with E-state index < -0.39 is 5.38 Å². The lowest BCUT2D eigenvalue weighted by Crippen LogP contribution is -1.82. The second-order valence-electron chi connectivity index (χ2n) is 0.621. The first-order valence-electron chi connectivity index (χ1n) is 1.24. The number of hydrogen-bond acceptors (Lipinski definition) is 2. The summed E-state index contributed by atoms with van der Waals surface area (Å²) in [6.45, 7) is 0. The van der Waals surface area contributed by atoms with Gasteiger partial charge in [-0.3, -0.25) is 0 Å². The second kappa shape index (κ2) is 2.50. The Labute approximate surface area is 40.6 Å². The standard InChI is InChI=1S/C3HClN2/c4-3(1-5)2-6/h3H. The molecule has 0 rings (SSSR count). The largest absolute Gasteiger partial charge is 0.206 e. The molecule has 3 heteroatoms. The third kappa shape index (κ3) is 1.58. The average Bonchev–Trinajstić information content (AvgIpc) is 1.65. The van der Waals surface area contributed by atoms with Gasteiger partial charge in [-0.05, 0) is 0 Å². The van der Waals surface area contributed by atoms with Gasteiger partial charge >= 0.3 is 0 Å². The molecule has 0 aromatic rings. The van der Waals surface area contributed by atoms with E-state index in [-0.39, 0.29) is 0 Å². The van der Waals surface area contributed by atoms with Crippen LogP contribution in [0, 0.1) is 22.7 Å². The number of nitrogens with zero attached hydrogens (tertiary/aromatic N) is 2. The van der Waals surface area contributed by atoms with E-state index in [1.807, 2.05) is 0 Å². The van der Waals surface area contributed by atoms with Gasteiger partial charge in [-0.15, -0.1) is 0 Å². The number of halogens is 1.